The summed E-state index contributed by atoms with van der Waals surface area (Å²) in [4.78, 5) is 2.75. The second-order valence-electron chi connectivity index (χ2n) is 0.105. The zero-order valence-corrected chi connectivity index (χ0v) is 4.43. The van der Waals surface area contributed by atoms with Crippen LogP contribution in [0.15, 0.2) is 0 Å². The van der Waals surface area contributed by atoms with E-state index in [4.69, 9.17) is 5.26 Å². The molecule has 0 atom stereocenters. The Balaban J connectivity index is -0.0000000200. The van der Waals surface area contributed by atoms with Crippen molar-refractivity contribution >= 4 is 8.05 Å². The van der Waals surface area contributed by atoms with E-state index in [0.717, 1.165) is 0 Å². The van der Waals surface area contributed by atoms with Gasteiger partial charge in [-0.3, -0.25) is 5.26 Å². The molecule has 0 fully saturated rings. The minimum absolute atomic E-state index is 0. The van der Waals surface area contributed by atoms with Crippen molar-refractivity contribution in [1.82, 2.24) is 0 Å². The molecule has 4 heavy (non-hydrogen) atoms. The maximum atomic E-state index is 6.85. The van der Waals surface area contributed by atoms with Crippen molar-refractivity contribution in [2.75, 3.05) is 0 Å². The summed E-state index contributed by atoms with van der Waals surface area (Å²) in [5, 5.41) is 6.85. The summed E-state index contributed by atoms with van der Waals surface area (Å²) in [6, 6.07) is 0. The maximum absolute atomic E-state index is 6.85. The van der Waals surface area contributed by atoms with Gasteiger partial charge in [-0.2, -0.15) is 0 Å². The van der Waals surface area contributed by atoms with Crippen LogP contribution in [-0.4, -0.2) is 13.3 Å². The van der Waals surface area contributed by atoms with Crippen molar-refractivity contribution in [3.63, 3.8) is 0 Å². The van der Waals surface area contributed by atoms with E-state index in [-0.39, 0.29) is 31.0 Å². The molecule has 4 heteroatoms. The van der Waals surface area contributed by atoms with Gasteiger partial charge in [0.1, 0.15) is 0 Å². The Kier molecular flexibility index (Phi) is 20.0. The SMILES string of the molecule is [B]OO.[H-].[Na+]. The Morgan fingerprint density at radius 3 is 2.00 bits per heavy atom. The van der Waals surface area contributed by atoms with Crippen LogP contribution in [0.4, 0.5) is 0 Å². The Hall–Kier alpha value is 0.985. The van der Waals surface area contributed by atoms with Crippen molar-refractivity contribution < 1.29 is 41.0 Å². The quantitative estimate of drug-likeness (QED) is 0.183. The molecule has 0 aliphatic heterocycles. The molecule has 0 aromatic heterocycles. The first-order chi connectivity index (χ1) is 1.41. The van der Waals surface area contributed by atoms with Crippen molar-refractivity contribution in [3.05, 3.63) is 0 Å². The zero-order chi connectivity index (χ0) is 2.71. The fourth-order valence-corrected chi connectivity index (χ4v) is 0. The van der Waals surface area contributed by atoms with E-state index >= 15 is 0 Å². The van der Waals surface area contributed by atoms with Gasteiger partial charge in [0.05, 0.1) is 0 Å². The molecule has 2 radical (unpaired) electrons. The fourth-order valence-electron chi connectivity index (χ4n) is 0. The van der Waals surface area contributed by atoms with E-state index in [1.54, 1.807) is 0 Å². The molecule has 1 N–H and O–H groups in total. The molecular formula is H2BNaO2. The van der Waals surface area contributed by atoms with E-state index < -0.39 is 0 Å². The van der Waals surface area contributed by atoms with Crippen LogP contribution in [0.25, 0.3) is 0 Å². The van der Waals surface area contributed by atoms with Gasteiger partial charge in [0.2, 0.25) is 0 Å². The molecule has 0 aliphatic carbocycles. The molecule has 0 unspecified atom stereocenters. The molecule has 0 spiro atoms. The Morgan fingerprint density at radius 1 is 2.00 bits per heavy atom. The van der Waals surface area contributed by atoms with E-state index in [1.807, 2.05) is 0 Å². The molecule has 18 valence electrons. The number of hydrogen-bond acceptors (Lipinski definition) is 2. The fraction of sp³-hybridized carbons (Fsp3) is 0. The first-order valence-corrected chi connectivity index (χ1v) is 0.418. The summed E-state index contributed by atoms with van der Waals surface area (Å²) in [6.07, 6.45) is 0. The van der Waals surface area contributed by atoms with E-state index in [0.29, 0.717) is 0 Å². The van der Waals surface area contributed by atoms with Crippen LogP contribution in [0, 0.1) is 0 Å². The number of hydrogen-bond donors (Lipinski definition) is 1. The predicted molar refractivity (Wildman–Crippen MR) is 10.6 cm³/mol. The van der Waals surface area contributed by atoms with Gasteiger partial charge in [-0.25, -0.2) is 0 Å². The van der Waals surface area contributed by atoms with Crippen LogP contribution in [-0.2, 0) is 4.81 Å². The molecule has 0 saturated carbocycles. The van der Waals surface area contributed by atoms with Gasteiger partial charge in [0, 0.05) is 0 Å². The monoisotopic (exact) mass is 68.0 g/mol. The Labute approximate surface area is 49.3 Å². The van der Waals surface area contributed by atoms with Crippen LogP contribution in [0.1, 0.15) is 1.43 Å². The molecule has 0 bridgehead atoms. The summed E-state index contributed by atoms with van der Waals surface area (Å²) in [5.41, 5.74) is 0. The van der Waals surface area contributed by atoms with Crippen LogP contribution in [0.2, 0.25) is 0 Å². The Bertz CT molecular complexity index is 9.61. The van der Waals surface area contributed by atoms with E-state index in [9.17, 15) is 0 Å². The summed E-state index contributed by atoms with van der Waals surface area (Å²) < 4.78 is 0. The van der Waals surface area contributed by atoms with E-state index in [1.165, 1.54) is 0 Å². The van der Waals surface area contributed by atoms with Gasteiger partial charge in [-0.05, 0) is 0 Å². The van der Waals surface area contributed by atoms with Gasteiger partial charge in [0.25, 0.3) is 0 Å². The first-order valence-electron chi connectivity index (χ1n) is 0.418. The van der Waals surface area contributed by atoms with Crippen LogP contribution < -0.4 is 29.6 Å². The molecule has 0 aromatic carbocycles. The van der Waals surface area contributed by atoms with Gasteiger partial charge < -0.3 is 6.23 Å². The smallest absolute Gasteiger partial charge is 1.00 e. The van der Waals surface area contributed by atoms with Crippen molar-refractivity contribution in [2.45, 2.75) is 0 Å². The second kappa shape index (κ2) is 9.01. The summed E-state index contributed by atoms with van der Waals surface area (Å²) in [7, 11) is 3.90. The first kappa shape index (κ1) is 8.88. The second-order valence-corrected chi connectivity index (χ2v) is 0.105. The van der Waals surface area contributed by atoms with Gasteiger partial charge >= 0.3 is 37.6 Å². The standard InChI is InChI=1S/BHO2.Na.H/c1-3-2;;/h2H;;/q;+1;-1. The minimum atomic E-state index is 0. The minimum Gasteiger partial charge on any atom is -1.00 e. The molecule has 0 heterocycles. The van der Waals surface area contributed by atoms with Gasteiger partial charge in [-0.15, -0.1) is 0 Å². The maximum Gasteiger partial charge on any atom is 1.00 e. The molecule has 0 saturated heterocycles. The van der Waals surface area contributed by atoms with E-state index in [2.05, 4.69) is 12.9 Å². The van der Waals surface area contributed by atoms with Gasteiger partial charge in [-0.1, -0.05) is 0 Å². The van der Waals surface area contributed by atoms with Crippen molar-refractivity contribution in [2.24, 2.45) is 0 Å². The molecule has 2 nitrogen and oxygen atoms in total. The third kappa shape index (κ3) is 12.1. The summed E-state index contributed by atoms with van der Waals surface area (Å²) in [5.74, 6) is 0. The van der Waals surface area contributed by atoms with Gasteiger partial charge in [0.15, 0.2) is 0 Å². The molecule has 0 aromatic rings. The number of rotatable bonds is 0. The molecule has 0 rings (SSSR count). The summed E-state index contributed by atoms with van der Waals surface area (Å²) in [6.45, 7) is 0. The average molecular weight is 67.8 g/mol. The topological polar surface area (TPSA) is 29.5 Å². The average Bonchev–Trinajstić information content (AvgIpc) is 0.918. The normalized spacial score (nSPS) is 4.25. The molecule has 0 amide bonds. The van der Waals surface area contributed by atoms with Crippen molar-refractivity contribution in [3.8, 4) is 0 Å². The Morgan fingerprint density at radius 2 is 2.00 bits per heavy atom. The predicted octanol–water partition coefficient (Wildman–Crippen LogP) is -3.32. The van der Waals surface area contributed by atoms with Crippen LogP contribution >= 0.6 is 0 Å². The van der Waals surface area contributed by atoms with Crippen LogP contribution in [0.5, 0.6) is 0 Å². The molecular weight excluding hydrogens is 65.8 g/mol. The largest absolute Gasteiger partial charge is 1.00 e. The summed E-state index contributed by atoms with van der Waals surface area (Å²) >= 11 is 0. The third-order valence-electron chi connectivity index (χ3n) is 0. The zero-order valence-electron chi connectivity index (χ0n) is 3.43. The third-order valence-corrected chi connectivity index (χ3v) is 0. The van der Waals surface area contributed by atoms with Crippen LogP contribution in [0.3, 0.4) is 0 Å². The van der Waals surface area contributed by atoms with Crippen molar-refractivity contribution in [1.29, 1.82) is 0 Å². The molecule has 0 aliphatic rings.